The highest BCUT2D eigenvalue weighted by atomic mass is 79.9. The van der Waals surface area contributed by atoms with Crippen molar-refractivity contribution in [3.05, 3.63) is 52.6 Å². The van der Waals surface area contributed by atoms with E-state index in [0.29, 0.717) is 4.47 Å². The van der Waals surface area contributed by atoms with Crippen molar-refractivity contribution < 1.29 is 22.4 Å². The first-order valence-corrected chi connectivity index (χ1v) is 8.43. The Morgan fingerprint density at radius 2 is 2.04 bits per heavy atom. The molecule has 11 heteroatoms. The Labute approximate surface area is 158 Å². The number of hydrogen-bond acceptors (Lipinski definition) is 3. The number of halogens is 5. The molecule has 0 saturated carbocycles. The summed E-state index contributed by atoms with van der Waals surface area (Å²) in [5, 5.41) is 4.67. The third kappa shape index (κ3) is 4.35. The quantitative estimate of drug-likeness (QED) is 0.591. The van der Waals surface area contributed by atoms with Gasteiger partial charge in [-0.3, -0.25) is 0 Å². The third-order valence-corrected chi connectivity index (χ3v) is 4.05. The van der Waals surface area contributed by atoms with Crippen LogP contribution in [0.4, 0.5) is 28.0 Å². The number of amides is 2. The third-order valence-electron chi connectivity index (χ3n) is 3.56. The Hall–Kier alpha value is -2.69. The van der Waals surface area contributed by atoms with Crippen LogP contribution in [0.5, 0.6) is 0 Å². The van der Waals surface area contributed by atoms with Crippen molar-refractivity contribution in [1.82, 2.24) is 19.9 Å². The van der Waals surface area contributed by atoms with Gasteiger partial charge in [-0.05, 0) is 30.3 Å². The van der Waals surface area contributed by atoms with Gasteiger partial charge >= 0.3 is 12.2 Å². The highest BCUT2D eigenvalue weighted by molar-refractivity contribution is 9.10. The van der Waals surface area contributed by atoms with Gasteiger partial charge in [0.25, 0.3) is 0 Å². The molecule has 0 spiro atoms. The lowest BCUT2D eigenvalue weighted by Gasteiger charge is -2.12. The SMILES string of the molecule is O=C(NCCn1c(C(F)(F)F)nc2cccnc21)Nc1ccc(Br)cc1F. The molecule has 2 N–H and O–H groups in total. The van der Waals surface area contributed by atoms with Crippen molar-refractivity contribution >= 4 is 38.8 Å². The number of alkyl halides is 3. The van der Waals surface area contributed by atoms with Gasteiger partial charge in [0, 0.05) is 23.8 Å². The molecule has 2 amide bonds. The van der Waals surface area contributed by atoms with E-state index in [9.17, 15) is 22.4 Å². The molecule has 0 bridgehead atoms. The van der Waals surface area contributed by atoms with Crippen molar-refractivity contribution in [3.8, 4) is 0 Å². The van der Waals surface area contributed by atoms with Crippen LogP contribution in [0, 0.1) is 5.82 Å². The average Bonchev–Trinajstić information content (AvgIpc) is 2.97. The van der Waals surface area contributed by atoms with Crippen LogP contribution in [0.15, 0.2) is 41.0 Å². The summed E-state index contributed by atoms with van der Waals surface area (Å²) in [5.74, 6) is -1.75. The van der Waals surface area contributed by atoms with E-state index in [2.05, 4.69) is 36.5 Å². The molecule has 0 unspecified atom stereocenters. The molecule has 6 nitrogen and oxygen atoms in total. The number of nitrogens with one attached hydrogen (secondary N) is 2. The van der Waals surface area contributed by atoms with Gasteiger partial charge in [0.1, 0.15) is 11.3 Å². The highest BCUT2D eigenvalue weighted by Gasteiger charge is 2.37. The summed E-state index contributed by atoms with van der Waals surface area (Å²) < 4.78 is 54.6. The van der Waals surface area contributed by atoms with Crippen molar-refractivity contribution in [2.45, 2.75) is 12.7 Å². The zero-order chi connectivity index (χ0) is 19.6. The predicted octanol–water partition coefficient (Wildman–Crippen LogP) is 4.17. The first-order valence-electron chi connectivity index (χ1n) is 7.64. The van der Waals surface area contributed by atoms with E-state index in [-0.39, 0.29) is 29.9 Å². The molecular weight excluding hydrogens is 434 g/mol. The molecule has 0 aliphatic heterocycles. The van der Waals surface area contributed by atoms with Crippen molar-refractivity contribution in [2.24, 2.45) is 0 Å². The lowest BCUT2D eigenvalue weighted by Crippen LogP contribution is -2.32. The second-order valence-electron chi connectivity index (χ2n) is 5.44. The maximum Gasteiger partial charge on any atom is 0.449 e. The second kappa shape index (κ2) is 7.51. The van der Waals surface area contributed by atoms with Gasteiger partial charge in [0.15, 0.2) is 5.65 Å². The molecule has 0 radical (unpaired) electrons. The van der Waals surface area contributed by atoms with Gasteiger partial charge in [0.05, 0.1) is 5.69 Å². The molecular formula is C16H12BrF4N5O. The molecule has 2 aromatic heterocycles. The van der Waals surface area contributed by atoms with Crippen molar-refractivity contribution in [1.29, 1.82) is 0 Å². The normalized spacial score (nSPS) is 11.6. The number of anilines is 1. The minimum atomic E-state index is -4.66. The Morgan fingerprint density at radius 1 is 1.26 bits per heavy atom. The van der Waals surface area contributed by atoms with Crippen LogP contribution in [0.3, 0.4) is 0 Å². The molecule has 0 saturated heterocycles. The number of carbonyl (C=O) groups excluding carboxylic acids is 1. The van der Waals surface area contributed by atoms with Crippen LogP contribution >= 0.6 is 15.9 Å². The lowest BCUT2D eigenvalue weighted by molar-refractivity contribution is -0.146. The summed E-state index contributed by atoms with van der Waals surface area (Å²) in [7, 11) is 0. The fourth-order valence-electron chi connectivity index (χ4n) is 2.43. The topological polar surface area (TPSA) is 71.8 Å². The molecule has 142 valence electrons. The number of pyridine rings is 1. The van der Waals surface area contributed by atoms with Crippen LogP contribution in [0.1, 0.15) is 5.82 Å². The largest absolute Gasteiger partial charge is 0.449 e. The maximum atomic E-state index is 13.7. The Kier molecular flexibility index (Phi) is 5.31. The molecule has 3 aromatic rings. The molecule has 0 atom stereocenters. The van der Waals surface area contributed by atoms with Gasteiger partial charge in [-0.25, -0.2) is 19.2 Å². The van der Waals surface area contributed by atoms with E-state index < -0.39 is 23.8 Å². The number of fused-ring (bicyclic) bond motifs is 1. The Balaban J connectivity index is 1.69. The zero-order valence-corrected chi connectivity index (χ0v) is 15.1. The number of carbonyl (C=O) groups is 1. The minimum Gasteiger partial charge on any atom is -0.336 e. The summed E-state index contributed by atoms with van der Waals surface area (Å²) in [6.45, 7) is -0.353. The number of aromatic nitrogens is 3. The van der Waals surface area contributed by atoms with Crippen LogP contribution in [0.25, 0.3) is 11.2 Å². The first kappa shape index (κ1) is 19.1. The number of rotatable bonds is 4. The van der Waals surface area contributed by atoms with Gasteiger partial charge in [-0.15, -0.1) is 0 Å². The van der Waals surface area contributed by atoms with E-state index in [4.69, 9.17) is 0 Å². The Morgan fingerprint density at radius 3 is 2.74 bits per heavy atom. The molecule has 0 aliphatic carbocycles. The highest BCUT2D eigenvalue weighted by Crippen LogP contribution is 2.30. The van der Waals surface area contributed by atoms with Crippen molar-refractivity contribution in [2.75, 3.05) is 11.9 Å². The van der Waals surface area contributed by atoms with Gasteiger partial charge in [-0.1, -0.05) is 15.9 Å². The summed E-state index contributed by atoms with van der Waals surface area (Å²) in [4.78, 5) is 19.3. The predicted molar refractivity (Wildman–Crippen MR) is 93.7 cm³/mol. The Bertz CT molecular complexity index is 989. The smallest absolute Gasteiger partial charge is 0.336 e. The summed E-state index contributed by atoms with van der Waals surface area (Å²) in [6, 6.07) is 6.23. The lowest BCUT2D eigenvalue weighted by atomic mass is 10.3. The van der Waals surface area contributed by atoms with Crippen LogP contribution in [-0.2, 0) is 12.7 Å². The summed E-state index contributed by atoms with van der Waals surface area (Å²) in [5.41, 5.74) is 0.110. The van der Waals surface area contributed by atoms with E-state index in [0.717, 1.165) is 4.57 Å². The van der Waals surface area contributed by atoms with Crippen LogP contribution < -0.4 is 10.6 Å². The van der Waals surface area contributed by atoms with E-state index in [1.165, 1.54) is 36.5 Å². The molecule has 27 heavy (non-hydrogen) atoms. The van der Waals surface area contributed by atoms with Crippen molar-refractivity contribution in [3.63, 3.8) is 0 Å². The number of nitrogens with zero attached hydrogens (tertiary/aromatic N) is 3. The van der Waals surface area contributed by atoms with Gasteiger partial charge in [0.2, 0.25) is 5.82 Å². The van der Waals surface area contributed by atoms with E-state index in [1.54, 1.807) is 0 Å². The maximum absolute atomic E-state index is 13.7. The second-order valence-corrected chi connectivity index (χ2v) is 6.35. The fraction of sp³-hybridized carbons (Fsp3) is 0.188. The first-order chi connectivity index (χ1) is 12.8. The van der Waals surface area contributed by atoms with E-state index in [1.807, 2.05) is 0 Å². The number of imidazole rings is 1. The van der Waals surface area contributed by atoms with Crippen LogP contribution in [-0.4, -0.2) is 27.1 Å². The zero-order valence-electron chi connectivity index (χ0n) is 13.5. The van der Waals surface area contributed by atoms with Crippen LogP contribution in [0.2, 0.25) is 0 Å². The number of benzene rings is 1. The monoisotopic (exact) mass is 445 g/mol. The molecule has 0 aliphatic rings. The van der Waals surface area contributed by atoms with Gasteiger partial charge < -0.3 is 15.2 Å². The van der Waals surface area contributed by atoms with E-state index >= 15 is 0 Å². The molecule has 2 heterocycles. The van der Waals surface area contributed by atoms with Gasteiger partial charge in [-0.2, -0.15) is 13.2 Å². The molecule has 1 aromatic carbocycles. The summed E-state index contributed by atoms with van der Waals surface area (Å²) >= 11 is 3.09. The average molecular weight is 446 g/mol. The fourth-order valence-corrected chi connectivity index (χ4v) is 2.76. The standard InChI is InChI=1S/C16H12BrF4N5O/c17-9-3-4-11(10(18)8-9)25-15(27)23-6-7-26-13-12(2-1-5-22-13)24-14(26)16(19,20)21/h1-5,8H,6-7H2,(H2,23,25,27). The number of hydrogen-bond donors (Lipinski definition) is 2. The molecule has 3 rings (SSSR count). The molecule has 0 fully saturated rings. The minimum absolute atomic E-state index is 0.0542. The number of urea groups is 1. The summed E-state index contributed by atoms with van der Waals surface area (Å²) in [6.07, 6.45) is -3.30.